The van der Waals surface area contributed by atoms with Gasteiger partial charge in [-0.2, -0.15) is 0 Å². The van der Waals surface area contributed by atoms with E-state index in [9.17, 15) is 35.1 Å². The summed E-state index contributed by atoms with van der Waals surface area (Å²) in [4.78, 5) is 31.1. The van der Waals surface area contributed by atoms with Gasteiger partial charge in [-0.3, -0.25) is 9.59 Å². The number of esters is 1. The number of unbranched alkanes of at least 4 members (excludes halogenated alkanes) is 8. The quantitative estimate of drug-likeness (QED) is 0.0890. The number of nitrogens with zero attached hydrogens (tertiary/aromatic N) is 2. The minimum atomic E-state index is -1.93. The molecule has 0 spiro atoms. The van der Waals surface area contributed by atoms with Crippen molar-refractivity contribution in [3.05, 3.63) is 0 Å². The number of aliphatic hydroxyl groups excluding tert-OH is 3. The minimum Gasteiger partial charge on any atom is -0.459 e. The zero-order chi connectivity index (χ0) is 41.0. The van der Waals surface area contributed by atoms with Gasteiger partial charge < -0.3 is 49.5 Å². The standard InChI is InChI=1S/C41H79N2O10P/c1-11-32-41(8,50)36(47)30(6)43(33(44)21-19-17-15-13-12-14-16-18-20-22-54)25-26(2)24-40(7,49)37(28(4)34(45)29(5)38(48)52-32)53-39-35(46)31(42(9)10)23-27(3)51-39/h26-32,34-37,39,45-47,49-50H,11-25,54H2,1-10H3/t26-,27-,28+,29-,30-,31+,32-,34+,35-,36-,37-,39+,40-,41-/m1/s1. The van der Waals surface area contributed by atoms with E-state index in [1.807, 2.05) is 32.8 Å². The molecular weight excluding hydrogens is 711 g/mol. The first-order valence-electron chi connectivity index (χ1n) is 20.9. The summed E-state index contributed by atoms with van der Waals surface area (Å²) >= 11 is 0. The average molecular weight is 791 g/mol. The Hall–Kier alpha value is -0.950. The second-order valence-electron chi connectivity index (χ2n) is 17.4. The summed E-state index contributed by atoms with van der Waals surface area (Å²) in [7, 11) is 6.51. The van der Waals surface area contributed by atoms with Crippen molar-refractivity contribution in [1.82, 2.24) is 9.80 Å². The van der Waals surface area contributed by atoms with Crippen LogP contribution < -0.4 is 0 Å². The molecule has 1 unspecified atom stereocenters. The Morgan fingerprint density at radius 1 is 0.926 bits per heavy atom. The number of ether oxygens (including phenoxy) is 3. The van der Waals surface area contributed by atoms with Crippen molar-refractivity contribution in [2.75, 3.05) is 26.8 Å². The number of carbonyl (C=O) groups excluding carboxylic acids is 2. The van der Waals surface area contributed by atoms with Crippen molar-refractivity contribution >= 4 is 21.1 Å². The smallest absolute Gasteiger partial charge is 0.311 e. The number of carbonyl (C=O) groups is 2. The first-order chi connectivity index (χ1) is 25.2. The lowest BCUT2D eigenvalue weighted by Gasteiger charge is -2.46. The maximum Gasteiger partial charge on any atom is 0.311 e. The van der Waals surface area contributed by atoms with Crippen LogP contribution in [-0.2, 0) is 23.8 Å². The van der Waals surface area contributed by atoms with Crippen molar-refractivity contribution in [1.29, 1.82) is 0 Å². The maximum atomic E-state index is 14.0. The Balaban J connectivity index is 2.43. The molecule has 318 valence electrons. The molecule has 2 aliphatic rings. The van der Waals surface area contributed by atoms with Gasteiger partial charge in [0.2, 0.25) is 5.91 Å². The lowest BCUT2D eigenvalue weighted by molar-refractivity contribution is -0.299. The normalized spacial score (nSPS) is 39.2. The number of likely N-dealkylation sites (N-methyl/N-ethyl adjacent to an activating group) is 1. The number of hydrogen-bond acceptors (Lipinski definition) is 11. The van der Waals surface area contributed by atoms with Gasteiger partial charge in [-0.25, -0.2) is 0 Å². The van der Waals surface area contributed by atoms with Gasteiger partial charge in [0.05, 0.1) is 35.9 Å². The summed E-state index contributed by atoms with van der Waals surface area (Å²) in [6, 6.07) is -1.14. The van der Waals surface area contributed by atoms with Gasteiger partial charge in [0, 0.05) is 24.9 Å². The predicted molar refractivity (Wildman–Crippen MR) is 215 cm³/mol. The third-order valence-corrected chi connectivity index (χ3v) is 12.5. The summed E-state index contributed by atoms with van der Waals surface area (Å²) in [6.07, 6.45) is 4.73. The summed E-state index contributed by atoms with van der Waals surface area (Å²) < 4.78 is 18.4. The highest BCUT2D eigenvalue weighted by Crippen LogP contribution is 2.37. The van der Waals surface area contributed by atoms with E-state index in [1.165, 1.54) is 46.0 Å². The first-order valence-corrected chi connectivity index (χ1v) is 21.7. The van der Waals surface area contributed by atoms with Crippen LogP contribution in [0.1, 0.15) is 139 Å². The highest BCUT2D eigenvalue weighted by Gasteiger charge is 2.50. The molecule has 2 aliphatic heterocycles. The highest BCUT2D eigenvalue weighted by molar-refractivity contribution is 7.16. The molecule has 2 saturated heterocycles. The molecule has 1 amide bonds. The fraction of sp³-hybridized carbons (Fsp3) is 0.951. The van der Waals surface area contributed by atoms with Crippen LogP contribution in [0.5, 0.6) is 0 Å². The Morgan fingerprint density at radius 2 is 1.48 bits per heavy atom. The van der Waals surface area contributed by atoms with Gasteiger partial charge >= 0.3 is 5.97 Å². The van der Waals surface area contributed by atoms with Crippen LogP contribution in [0.2, 0.25) is 0 Å². The third kappa shape index (κ3) is 13.9. The summed E-state index contributed by atoms with van der Waals surface area (Å²) in [5.41, 5.74) is -3.56. The zero-order valence-electron chi connectivity index (χ0n) is 35.3. The van der Waals surface area contributed by atoms with Crippen molar-refractivity contribution in [3.8, 4) is 0 Å². The number of amides is 1. The Kier molecular flexibility index (Phi) is 20.8. The molecular formula is C41H79N2O10P. The molecule has 0 aromatic rings. The van der Waals surface area contributed by atoms with Gasteiger partial charge in [-0.15, -0.1) is 9.24 Å². The molecule has 2 fully saturated rings. The monoisotopic (exact) mass is 791 g/mol. The molecule has 2 heterocycles. The fourth-order valence-corrected chi connectivity index (χ4v) is 8.93. The summed E-state index contributed by atoms with van der Waals surface area (Å²) in [6.45, 7) is 13.6. The molecule has 54 heavy (non-hydrogen) atoms. The molecule has 5 N–H and O–H groups in total. The number of aliphatic hydroxyl groups is 5. The lowest BCUT2D eigenvalue weighted by Crippen LogP contribution is -2.60. The topological polar surface area (TPSA) is 169 Å². The van der Waals surface area contributed by atoms with E-state index >= 15 is 0 Å². The van der Waals surface area contributed by atoms with Crippen molar-refractivity contribution < 1.29 is 49.3 Å². The van der Waals surface area contributed by atoms with Gasteiger partial charge in [0.15, 0.2) is 6.29 Å². The van der Waals surface area contributed by atoms with Crippen molar-refractivity contribution in [3.63, 3.8) is 0 Å². The second kappa shape index (κ2) is 22.8. The number of hydrogen-bond donors (Lipinski definition) is 5. The van der Waals surface area contributed by atoms with Gasteiger partial charge in [0.25, 0.3) is 0 Å². The summed E-state index contributed by atoms with van der Waals surface area (Å²) in [5, 5.41) is 58.8. The van der Waals surface area contributed by atoms with Crippen LogP contribution in [0, 0.1) is 17.8 Å². The van der Waals surface area contributed by atoms with Crippen molar-refractivity contribution in [2.45, 2.75) is 205 Å². The Morgan fingerprint density at radius 3 is 2.02 bits per heavy atom. The third-order valence-electron chi connectivity index (χ3n) is 12.1. The molecule has 0 saturated carbocycles. The fourth-order valence-electron chi connectivity index (χ4n) is 8.64. The van der Waals surface area contributed by atoms with Crippen LogP contribution in [0.25, 0.3) is 0 Å². The van der Waals surface area contributed by atoms with E-state index in [2.05, 4.69) is 9.24 Å². The van der Waals surface area contributed by atoms with E-state index in [4.69, 9.17) is 14.2 Å². The number of rotatable bonds is 15. The summed E-state index contributed by atoms with van der Waals surface area (Å²) in [5.74, 6) is -3.25. The van der Waals surface area contributed by atoms with Crippen LogP contribution >= 0.6 is 9.24 Å². The molecule has 2 rings (SSSR count). The van der Waals surface area contributed by atoms with E-state index in [0.717, 1.165) is 25.4 Å². The molecule has 15 atom stereocenters. The SMILES string of the molecule is CC[C@H]1OC(=O)[C@H](C)[C@@H](O)[C@H](C)[C@@H](O[C@@H]2O[C@H](C)C[C@H](N(C)C)[C@H]2O)[C@](C)(O)C[C@@H](C)CN(C(=O)CCCCCCCCCCCP)[C@H](C)[C@@H](O)[C@]1(C)O. The molecule has 13 heteroatoms. The molecule has 0 aliphatic carbocycles. The molecule has 0 aromatic carbocycles. The first kappa shape index (κ1) is 49.2. The van der Waals surface area contributed by atoms with Crippen LogP contribution in [0.3, 0.4) is 0 Å². The van der Waals surface area contributed by atoms with E-state index in [1.54, 1.807) is 32.6 Å². The van der Waals surface area contributed by atoms with E-state index in [-0.39, 0.29) is 49.8 Å². The van der Waals surface area contributed by atoms with Crippen molar-refractivity contribution in [2.24, 2.45) is 17.8 Å². The molecule has 0 radical (unpaired) electrons. The van der Waals surface area contributed by atoms with Gasteiger partial charge in [-0.1, -0.05) is 65.7 Å². The predicted octanol–water partition coefficient (Wildman–Crippen LogP) is 4.65. The van der Waals surface area contributed by atoms with Crippen LogP contribution in [-0.4, -0.2) is 140 Å². The van der Waals surface area contributed by atoms with Crippen LogP contribution in [0.15, 0.2) is 0 Å². The maximum absolute atomic E-state index is 14.0. The van der Waals surface area contributed by atoms with E-state index in [0.29, 0.717) is 12.8 Å². The Bertz CT molecular complexity index is 1110. The molecule has 12 nitrogen and oxygen atoms in total. The Labute approximate surface area is 329 Å². The number of cyclic esters (lactones) is 1. The van der Waals surface area contributed by atoms with Crippen LogP contribution in [0.4, 0.5) is 0 Å². The van der Waals surface area contributed by atoms with Gasteiger partial charge in [0.1, 0.15) is 23.9 Å². The van der Waals surface area contributed by atoms with Gasteiger partial charge in [-0.05, 0) is 92.9 Å². The molecule has 0 aromatic heterocycles. The molecule has 0 bridgehead atoms. The second-order valence-corrected chi connectivity index (χ2v) is 18.0. The average Bonchev–Trinajstić information content (AvgIpc) is 3.10. The lowest BCUT2D eigenvalue weighted by atomic mass is 9.78. The highest BCUT2D eigenvalue weighted by atomic mass is 31.0. The minimum absolute atomic E-state index is 0.112. The van der Waals surface area contributed by atoms with E-state index < -0.39 is 71.9 Å². The largest absolute Gasteiger partial charge is 0.459 e. The zero-order valence-corrected chi connectivity index (χ0v) is 36.4.